The molecule has 1 saturated heterocycles. The maximum absolute atomic E-state index is 13.3. The highest BCUT2D eigenvalue weighted by atomic mass is 79.9. The molecule has 1 heterocycles. The molecule has 1 saturated carbocycles. The molecule has 1 aromatic carbocycles. The fourth-order valence-electron chi connectivity index (χ4n) is 3.86. The summed E-state index contributed by atoms with van der Waals surface area (Å²) >= 11 is 3.52. The van der Waals surface area contributed by atoms with Gasteiger partial charge in [0.05, 0.1) is 0 Å². The predicted molar refractivity (Wildman–Crippen MR) is 87.8 cm³/mol. The maximum atomic E-state index is 13.3. The molecule has 4 heteroatoms. The molecule has 1 atom stereocenters. The van der Waals surface area contributed by atoms with Gasteiger partial charge in [-0.3, -0.25) is 4.90 Å². The van der Waals surface area contributed by atoms with E-state index in [2.05, 4.69) is 33.1 Å². The van der Waals surface area contributed by atoms with Crippen LogP contribution < -0.4 is 5.32 Å². The van der Waals surface area contributed by atoms with Crippen LogP contribution in [0, 0.1) is 5.82 Å². The van der Waals surface area contributed by atoms with E-state index in [9.17, 15) is 4.39 Å². The molecule has 21 heavy (non-hydrogen) atoms. The summed E-state index contributed by atoms with van der Waals surface area (Å²) in [6.07, 6.45) is 6.59. The van der Waals surface area contributed by atoms with Gasteiger partial charge < -0.3 is 5.32 Å². The topological polar surface area (TPSA) is 15.3 Å². The third-order valence-electron chi connectivity index (χ3n) is 5.11. The van der Waals surface area contributed by atoms with Gasteiger partial charge in [-0.25, -0.2) is 4.39 Å². The Balaban J connectivity index is 1.82. The van der Waals surface area contributed by atoms with E-state index < -0.39 is 0 Å². The second-order valence-electron chi connectivity index (χ2n) is 6.68. The van der Waals surface area contributed by atoms with Crippen LogP contribution in [-0.4, -0.2) is 29.6 Å². The van der Waals surface area contributed by atoms with Crippen molar-refractivity contribution in [1.29, 1.82) is 0 Å². The summed E-state index contributed by atoms with van der Waals surface area (Å²) in [7, 11) is 0. The zero-order chi connectivity index (χ0) is 14.9. The molecule has 1 N–H and O–H groups in total. The summed E-state index contributed by atoms with van der Waals surface area (Å²) in [6, 6.07) is 5.59. The number of nitrogens with zero attached hydrogens (tertiary/aromatic N) is 1. The first kappa shape index (κ1) is 15.4. The van der Waals surface area contributed by atoms with Crippen LogP contribution in [-0.2, 0) is 6.54 Å². The number of hydrogen-bond donors (Lipinski definition) is 1. The number of hydrogen-bond acceptors (Lipinski definition) is 2. The minimum absolute atomic E-state index is 0.174. The SMILES string of the molecule is CC1CN(Cc2ccc(F)cc2Br)C2(CCCCC2)CN1. The van der Waals surface area contributed by atoms with E-state index in [-0.39, 0.29) is 5.82 Å². The van der Waals surface area contributed by atoms with Crippen LogP contribution >= 0.6 is 15.9 Å². The fourth-order valence-corrected chi connectivity index (χ4v) is 4.33. The Hall–Kier alpha value is -0.450. The molecule has 1 unspecified atom stereocenters. The van der Waals surface area contributed by atoms with Gasteiger partial charge in [-0.05, 0) is 37.5 Å². The summed E-state index contributed by atoms with van der Waals surface area (Å²) in [5.41, 5.74) is 1.49. The van der Waals surface area contributed by atoms with Gasteiger partial charge >= 0.3 is 0 Å². The number of benzene rings is 1. The Labute approximate surface area is 135 Å². The van der Waals surface area contributed by atoms with Gasteiger partial charge in [0.1, 0.15) is 5.82 Å². The lowest BCUT2D eigenvalue weighted by atomic mass is 9.78. The van der Waals surface area contributed by atoms with Gasteiger partial charge in [0.25, 0.3) is 0 Å². The van der Waals surface area contributed by atoms with Crippen LogP contribution in [0.5, 0.6) is 0 Å². The number of piperazine rings is 1. The largest absolute Gasteiger partial charge is 0.311 e. The van der Waals surface area contributed by atoms with E-state index in [1.165, 1.54) is 37.7 Å². The fraction of sp³-hybridized carbons (Fsp3) is 0.647. The highest BCUT2D eigenvalue weighted by Gasteiger charge is 2.41. The van der Waals surface area contributed by atoms with Crippen molar-refractivity contribution >= 4 is 15.9 Å². The molecule has 1 spiro atoms. The lowest BCUT2D eigenvalue weighted by Gasteiger charge is -2.51. The maximum Gasteiger partial charge on any atom is 0.124 e. The van der Waals surface area contributed by atoms with Crippen molar-refractivity contribution in [2.75, 3.05) is 13.1 Å². The van der Waals surface area contributed by atoms with Crippen molar-refractivity contribution in [3.05, 3.63) is 34.1 Å². The van der Waals surface area contributed by atoms with E-state index in [4.69, 9.17) is 0 Å². The van der Waals surface area contributed by atoms with E-state index in [1.54, 1.807) is 12.1 Å². The monoisotopic (exact) mass is 354 g/mol. The first-order valence-corrected chi connectivity index (χ1v) is 8.81. The van der Waals surface area contributed by atoms with E-state index in [0.29, 0.717) is 11.6 Å². The zero-order valence-electron chi connectivity index (χ0n) is 12.7. The minimum atomic E-state index is -0.174. The molecule has 3 rings (SSSR count). The molecular weight excluding hydrogens is 331 g/mol. The van der Waals surface area contributed by atoms with E-state index in [1.807, 2.05) is 6.07 Å². The molecule has 116 valence electrons. The Kier molecular flexibility index (Phi) is 4.67. The van der Waals surface area contributed by atoms with Crippen molar-refractivity contribution in [3.8, 4) is 0 Å². The van der Waals surface area contributed by atoms with E-state index >= 15 is 0 Å². The standard InChI is InChI=1S/C17H24BrFN2/c1-13-10-21(11-14-5-6-15(19)9-16(14)18)17(12-20-13)7-3-2-4-8-17/h5-6,9,13,20H,2-4,7-8,10-12H2,1H3. The van der Waals surface area contributed by atoms with Crippen LogP contribution in [0.2, 0.25) is 0 Å². The van der Waals surface area contributed by atoms with Gasteiger partial charge in [0, 0.05) is 35.7 Å². The summed E-state index contributed by atoms with van der Waals surface area (Å²) < 4.78 is 14.2. The molecule has 1 aromatic rings. The molecule has 0 radical (unpaired) electrons. The first-order valence-electron chi connectivity index (χ1n) is 8.01. The first-order chi connectivity index (χ1) is 10.1. The molecule has 1 aliphatic heterocycles. The zero-order valence-corrected chi connectivity index (χ0v) is 14.3. The van der Waals surface area contributed by atoms with Gasteiger partial charge in [0.15, 0.2) is 0 Å². The number of halogens is 2. The number of nitrogens with one attached hydrogen (secondary N) is 1. The highest BCUT2D eigenvalue weighted by molar-refractivity contribution is 9.10. The summed E-state index contributed by atoms with van der Waals surface area (Å²) in [4.78, 5) is 2.64. The van der Waals surface area contributed by atoms with Crippen LogP contribution in [0.1, 0.15) is 44.6 Å². The normalized spacial score (nSPS) is 26.1. The molecule has 2 nitrogen and oxygen atoms in total. The van der Waals surface area contributed by atoms with Crippen LogP contribution in [0.25, 0.3) is 0 Å². The van der Waals surface area contributed by atoms with Crippen molar-refractivity contribution < 1.29 is 4.39 Å². The molecule has 0 aromatic heterocycles. The highest BCUT2D eigenvalue weighted by Crippen LogP contribution is 2.37. The van der Waals surface area contributed by atoms with Crippen LogP contribution in [0.15, 0.2) is 22.7 Å². The Morgan fingerprint density at radius 2 is 2.10 bits per heavy atom. The molecule has 0 amide bonds. The van der Waals surface area contributed by atoms with Gasteiger partial charge in [-0.2, -0.15) is 0 Å². The van der Waals surface area contributed by atoms with Crippen molar-refractivity contribution in [2.45, 2.75) is 57.2 Å². The van der Waals surface area contributed by atoms with Crippen LogP contribution in [0.3, 0.4) is 0 Å². The third-order valence-corrected chi connectivity index (χ3v) is 5.84. The predicted octanol–water partition coefficient (Wildman–Crippen LogP) is 4.08. The number of rotatable bonds is 2. The second kappa shape index (κ2) is 6.35. The molecule has 1 aliphatic carbocycles. The lowest BCUT2D eigenvalue weighted by molar-refractivity contribution is 0.00602. The molecular formula is C17H24BrFN2. The lowest BCUT2D eigenvalue weighted by Crippen LogP contribution is -2.64. The summed E-state index contributed by atoms with van der Waals surface area (Å²) in [5, 5.41) is 3.67. The minimum Gasteiger partial charge on any atom is -0.311 e. The molecule has 2 fully saturated rings. The quantitative estimate of drug-likeness (QED) is 0.860. The van der Waals surface area contributed by atoms with E-state index in [0.717, 1.165) is 24.1 Å². The third kappa shape index (κ3) is 3.33. The molecule has 0 bridgehead atoms. The average Bonchev–Trinajstić information content (AvgIpc) is 2.47. The average molecular weight is 355 g/mol. The Morgan fingerprint density at radius 3 is 2.81 bits per heavy atom. The Bertz CT molecular complexity index is 500. The van der Waals surface area contributed by atoms with Crippen molar-refractivity contribution in [1.82, 2.24) is 10.2 Å². The Morgan fingerprint density at radius 1 is 1.33 bits per heavy atom. The van der Waals surface area contributed by atoms with Gasteiger partial charge in [-0.1, -0.05) is 41.3 Å². The summed E-state index contributed by atoms with van der Waals surface area (Å²) in [5.74, 6) is -0.174. The van der Waals surface area contributed by atoms with Gasteiger partial charge in [0.2, 0.25) is 0 Å². The second-order valence-corrected chi connectivity index (χ2v) is 7.54. The van der Waals surface area contributed by atoms with Gasteiger partial charge in [-0.15, -0.1) is 0 Å². The smallest absolute Gasteiger partial charge is 0.124 e. The van der Waals surface area contributed by atoms with Crippen LogP contribution in [0.4, 0.5) is 4.39 Å². The summed E-state index contributed by atoms with van der Waals surface area (Å²) in [6.45, 7) is 5.33. The van der Waals surface area contributed by atoms with Crippen molar-refractivity contribution in [2.24, 2.45) is 0 Å². The molecule has 2 aliphatic rings. The van der Waals surface area contributed by atoms with Crippen molar-refractivity contribution in [3.63, 3.8) is 0 Å².